The molecule has 0 aliphatic rings. The standard InChI is InChI=1S/C21H22N2O2/c1-2-3-13-22-14-17-19(21(24)25)16-11-7-8-12-18(16)23-20(17)15-9-5-4-6-10-15/h4-12,22H,2-3,13-14H2,1H3,(H,24,25). The lowest BCUT2D eigenvalue weighted by atomic mass is 9.96. The number of aromatic carboxylic acids is 1. The number of carboxylic acids is 1. The second kappa shape index (κ2) is 7.90. The molecule has 0 saturated heterocycles. The minimum absolute atomic E-state index is 0.341. The summed E-state index contributed by atoms with van der Waals surface area (Å²) in [5.41, 5.74) is 3.46. The summed E-state index contributed by atoms with van der Waals surface area (Å²) in [5.74, 6) is -0.914. The molecule has 3 rings (SSSR count). The van der Waals surface area contributed by atoms with Crippen molar-refractivity contribution in [3.8, 4) is 11.3 Å². The van der Waals surface area contributed by atoms with Gasteiger partial charge in [0.25, 0.3) is 0 Å². The molecule has 0 atom stereocenters. The Bertz CT molecular complexity index is 876. The van der Waals surface area contributed by atoms with E-state index in [1.54, 1.807) is 0 Å². The van der Waals surface area contributed by atoms with E-state index in [1.165, 1.54) is 0 Å². The Labute approximate surface area is 147 Å². The minimum Gasteiger partial charge on any atom is -0.478 e. The van der Waals surface area contributed by atoms with Crippen molar-refractivity contribution in [2.75, 3.05) is 6.54 Å². The summed E-state index contributed by atoms with van der Waals surface area (Å²) in [5, 5.41) is 13.9. The normalized spacial score (nSPS) is 10.9. The molecule has 25 heavy (non-hydrogen) atoms. The second-order valence-corrected chi connectivity index (χ2v) is 6.03. The van der Waals surface area contributed by atoms with Crippen LogP contribution in [0.2, 0.25) is 0 Å². The number of aromatic nitrogens is 1. The van der Waals surface area contributed by atoms with Gasteiger partial charge in [-0.2, -0.15) is 0 Å². The largest absolute Gasteiger partial charge is 0.478 e. The number of carbonyl (C=O) groups is 1. The molecule has 0 fully saturated rings. The molecular formula is C21H22N2O2. The van der Waals surface area contributed by atoms with Gasteiger partial charge in [-0.05, 0) is 19.0 Å². The summed E-state index contributed by atoms with van der Waals surface area (Å²) < 4.78 is 0. The van der Waals surface area contributed by atoms with Crippen LogP contribution in [0.15, 0.2) is 54.6 Å². The summed E-state index contributed by atoms with van der Waals surface area (Å²) in [6.07, 6.45) is 2.16. The van der Waals surface area contributed by atoms with Crippen molar-refractivity contribution in [3.63, 3.8) is 0 Å². The number of para-hydroxylation sites is 1. The predicted octanol–water partition coefficient (Wildman–Crippen LogP) is 4.49. The number of pyridine rings is 1. The lowest BCUT2D eigenvalue weighted by Gasteiger charge is -2.16. The van der Waals surface area contributed by atoms with Gasteiger partial charge in [0.15, 0.2) is 0 Å². The molecular weight excluding hydrogens is 312 g/mol. The van der Waals surface area contributed by atoms with Crippen LogP contribution in [0.3, 0.4) is 0 Å². The third-order valence-electron chi connectivity index (χ3n) is 4.26. The molecule has 0 aliphatic heterocycles. The molecule has 0 amide bonds. The van der Waals surface area contributed by atoms with Crippen LogP contribution < -0.4 is 5.32 Å². The van der Waals surface area contributed by atoms with Crippen LogP contribution in [-0.2, 0) is 6.54 Å². The van der Waals surface area contributed by atoms with Gasteiger partial charge in [-0.15, -0.1) is 0 Å². The van der Waals surface area contributed by atoms with E-state index in [1.807, 2.05) is 54.6 Å². The van der Waals surface area contributed by atoms with Gasteiger partial charge in [-0.1, -0.05) is 61.9 Å². The van der Waals surface area contributed by atoms with Gasteiger partial charge in [0, 0.05) is 23.1 Å². The zero-order chi connectivity index (χ0) is 17.6. The first-order valence-electron chi connectivity index (χ1n) is 8.63. The molecule has 2 N–H and O–H groups in total. The zero-order valence-electron chi connectivity index (χ0n) is 14.3. The van der Waals surface area contributed by atoms with Gasteiger partial charge in [-0.3, -0.25) is 0 Å². The second-order valence-electron chi connectivity index (χ2n) is 6.03. The Kier molecular flexibility index (Phi) is 5.41. The number of hydrogen-bond acceptors (Lipinski definition) is 3. The van der Waals surface area contributed by atoms with Crippen molar-refractivity contribution < 1.29 is 9.90 Å². The Morgan fingerprint density at radius 3 is 2.52 bits per heavy atom. The minimum atomic E-state index is -0.914. The summed E-state index contributed by atoms with van der Waals surface area (Å²) in [7, 11) is 0. The Morgan fingerprint density at radius 2 is 1.80 bits per heavy atom. The third kappa shape index (κ3) is 3.69. The smallest absolute Gasteiger partial charge is 0.336 e. The molecule has 3 aromatic rings. The SMILES string of the molecule is CCCCNCc1c(-c2ccccc2)nc2ccccc2c1C(=O)O. The van der Waals surface area contributed by atoms with E-state index in [0.717, 1.165) is 36.2 Å². The predicted molar refractivity (Wildman–Crippen MR) is 101 cm³/mol. The highest BCUT2D eigenvalue weighted by Crippen LogP contribution is 2.30. The van der Waals surface area contributed by atoms with Crippen LogP contribution >= 0.6 is 0 Å². The van der Waals surface area contributed by atoms with E-state index in [2.05, 4.69) is 12.2 Å². The molecule has 128 valence electrons. The molecule has 0 bridgehead atoms. The lowest BCUT2D eigenvalue weighted by Crippen LogP contribution is -2.19. The maximum Gasteiger partial charge on any atom is 0.336 e. The molecule has 0 aliphatic carbocycles. The van der Waals surface area contributed by atoms with Crippen molar-refractivity contribution in [1.82, 2.24) is 10.3 Å². The number of fused-ring (bicyclic) bond motifs is 1. The Hall–Kier alpha value is -2.72. The van der Waals surface area contributed by atoms with Crippen molar-refractivity contribution in [2.45, 2.75) is 26.3 Å². The Balaban J connectivity index is 2.19. The first-order valence-corrected chi connectivity index (χ1v) is 8.63. The molecule has 4 nitrogen and oxygen atoms in total. The van der Waals surface area contributed by atoms with Crippen LogP contribution in [0.25, 0.3) is 22.2 Å². The lowest BCUT2D eigenvalue weighted by molar-refractivity contribution is 0.0697. The van der Waals surface area contributed by atoms with Crippen molar-refractivity contribution in [1.29, 1.82) is 0 Å². The fourth-order valence-electron chi connectivity index (χ4n) is 3.02. The van der Waals surface area contributed by atoms with Gasteiger partial charge in [0.2, 0.25) is 0 Å². The summed E-state index contributed by atoms with van der Waals surface area (Å²) in [4.78, 5) is 16.8. The molecule has 0 unspecified atom stereocenters. The number of carboxylic acid groups (broad SMARTS) is 1. The topological polar surface area (TPSA) is 62.2 Å². The first-order chi connectivity index (χ1) is 12.2. The van der Waals surface area contributed by atoms with Gasteiger partial charge < -0.3 is 10.4 Å². The van der Waals surface area contributed by atoms with E-state index < -0.39 is 5.97 Å². The fourth-order valence-corrected chi connectivity index (χ4v) is 3.02. The average molecular weight is 334 g/mol. The van der Waals surface area contributed by atoms with Crippen LogP contribution in [0.5, 0.6) is 0 Å². The van der Waals surface area contributed by atoms with Gasteiger partial charge in [0.1, 0.15) is 0 Å². The molecule has 1 heterocycles. The number of benzene rings is 2. The van der Waals surface area contributed by atoms with E-state index in [9.17, 15) is 9.90 Å². The number of nitrogens with one attached hydrogen (secondary N) is 1. The van der Waals surface area contributed by atoms with Crippen LogP contribution in [0, 0.1) is 0 Å². The number of unbranched alkanes of at least 4 members (excludes halogenated alkanes) is 1. The van der Waals surface area contributed by atoms with Crippen LogP contribution in [-0.4, -0.2) is 22.6 Å². The van der Waals surface area contributed by atoms with Gasteiger partial charge in [-0.25, -0.2) is 9.78 Å². The molecule has 0 saturated carbocycles. The van der Waals surface area contributed by atoms with E-state index in [4.69, 9.17) is 4.98 Å². The maximum atomic E-state index is 12.1. The van der Waals surface area contributed by atoms with Crippen molar-refractivity contribution in [3.05, 3.63) is 65.7 Å². The monoisotopic (exact) mass is 334 g/mol. The molecule has 0 spiro atoms. The third-order valence-corrected chi connectivity index (χ3v) is 4.26. The Morgan fingerprint density at radius 1 is 1.08 bits per heavy atom. The quantitative estimate of drug-likeness (QED) is 0.625. The van der Waals surface area contributed by atoms with Crippen molar-refractivity contribution in [2.24, 2.45) is 0 Å². The number of nitrogens with zero attached hydrogens (tertiary/aromatic N) is 1. The summed E-state index contributed by atoms with van der Waals surface area (Å²) >= 11 is 0. The van der Waals surface area contributed by atoms with Crippen molar-refractivity contribution >= 4 is 16.9 Å². The molecule has 0 radical (unpaired) electrons. The van der Waals surface area contributed by atoms with Crippen LogP contribution in [0.4, 0.5) is 0 Å². The molecule has 1 aromatic heterocycles. The van der Waals surface area contributed by atoms with Gasteiger partial charge in [0.05, 0.1) is 16.8 Å². The number of rotatable bonds is 7. The summed E-state index contributed by atoms with van der Waals surface area (Å²) in [6.45, 7) is 3.48. The molecule has 4 heteroatoms. The summed E-state index contributed by atoms with van der Waals surface area (Å²) in [6, 6.07) is 17.2. The molecule has 2 aromatic carbocycles. The highest BCUT2D eigenvalue weighted by atomic mass is 16.4. The maximum absolute atomic E-state index is 12.1. The first kappa shape index (κ1) is 17.1. The zero-order valence-corrected chi connectivity index (χ0v) is 14.3. The highest BCUT2D eigenvalue weighted by Gasteiger charge is 2.20. The fraction of sp³-hybridized carbons (Fsp3) is 0.238. The highest BCUT2D eigenvalue weighted by molar-refractivity contribution is 6.05. The average Bonchev–Trinajstić information content (AvgIpc) is 2.64. The van der Waals surface area contributed by atoms with Gasteiger partial charge >= 0.3 is 5.97 Å². The van der Waals surface area contributed by atoms with E-state index >= 15 is 0 Å². The van der Waals surface area contributed by atoms with Crippen LogP contribution in [0.1, 0.15) is 35.7 Å². The van der Waals surface area contributed by atoms with E-state index in [-0.39, 0.29) is 0 Å². The van der Waals surface area contributed by atoms with E-state index in [0.29, 0.717) is 23.0 Å². The number of hydrogen-bond donors (Lipinski definition) is 2.